The van der Waals surface area contributed by atoms with Crippen LogP contribution in [-0.2, 0) is 19.2 Å². The fourth-order valence-corrected chi connectivity index (χ4v) is 1.47. The van der Waals surface area contributed by atoms with Gasteiger partial charge in [0.25, 0.3) is 0 Å². The van der Waals surface area contributed by atoms with Crippen molar-refractivity contribution in [2.45, 2.75) is 25.6 Å². The molecule has 0 aromatic carbocycles. The molecule has 13 heavy (non-hydrogen) atoms. The minimum absolute atomic E-state index is 0.133. The van der Waals surface area contributed by atoms with Crippen molar-refractivity contribution in [1.82, 2.24) is 0 Å². The van der Waals surface area contributed by atoms with Crippen molar-refractivity contribution in [3.8, 4) is 0 Å². The van der Waals surface area contributed by atoms with E-state index in [2.05, 4.69) is 0 Å². The summed E-state index contributed by atoms with van der Waals surface area (Å²) in [6.07, 6.45) is 4.51. The minimum Gasteiger partial charge on any atom is -0.353 e. The number of hydrogen-bond acceptors (Lipinski definition) is 3. The molecule has 0 aromatic heterocycles. The van der Waals surface area contributed by atoms with E-state index in [1.807, 2.05) is 0 Å². The molecule has 2 atom stereocenters. The Kier molecular flexibility index (Phi) is 4.18. The van der Waals surface area contributed by atoms with Crippen molar-refractivity contribution in [2.24, 2.45) is 5.14 Å². The predicted octanol–water partition coefficient (Wildman–Crippen LogP) is 0.120. The lowest BCUT2D eigenvalue weighted by Gasteiger charge is -2.21. The van der Waals surface area contributed by atoms with Gasteiger partial charge in [-0.05, 0) is 19.3 Å². The van der Waals surface area contributed by atoms with E-state index in [1.54, 1.807) is 0 Å². The van der Waals surface area contributed by atoms with E-state index in [9.17, 15) is 4.21 Å². The highest BCUT2D eigenvalue weighted by Crippen LogP contribution is 2.12. The summed E-state index contributed by atoms with van der Waals surface area (Å²) in [4.78, 5) is 0. The van der Waals surface area contributed by atoms with Crippen LogP contribution >= 0.6 is 0 Å². The third-order valence-corrected chi connectivity index (χ3v) is 2.62. The van der Waals surface area contributed by atoms with Gasteiger partial charge in [-0.1, -0.05) is 0 Å². The van der Waals surface area contributed by atoms with Crippen LogP contribution in [0.2, 0.25) is 0 Å². The summed E-state index contributed by atoms with van der Waals surface area (Å²) in [5.41, 5.74) is 0. The molecule has 2 unspecified atom stereocenters. The van der Waals surface area contributed by atoms with Crippen LogP contribution in [0.4, 0.5) is 0 Å². The summed E-state index contributed by atoms with van der Waals surface area (Å²) < 4.78 is 21.7. The van der Waals surface area contributed by atoms with Crippen molar-refractivity contribution in [2.75, 3.05) is 19.5 Å². The molecule has 0 radical (unpaired) electrons. The summed E-state index contributed by atoms with van der Waals surface area (Å²) in [7, 11) is -2.28. The maximum atomic E-state index is 11.0. The smallest absolute Gasteiger partial charge is 0.158 e. The lowest BCUT2D eigenvalue weighted by atomic mass is 10.2. The van der Waals surface area contributed by atoms with Gasteiger partial charge < -0.3 is 9.47 Å². The van der Waals surface area contributed by atoms with Gasteiger partial charge in [0.05, 0.1) is 6.61 Å². The fourth-order valence-electron chi connectivity index (χ4n) is 1.12. The van der Waals surface area contributed by atoms with Gasteiger partial charge in [-0.3, -0.25) is 9.35 Å². The Morgan fingerprint density at radius 2 is 2.46 bits per heavy atom. The van der Waals surface area contributed by atoms with Gasteiger partial charge in [-0.2, -0.15) is 0 Å². The maximum absolute atomic E-state index is 11.0. The molecule has 0 amide bonds. The molecule has 0 saturated carbocycles. The Labute approximate surface area is 79.5 Å². The van der Waals surface area contributed by atoms with Crippen LogP contribution in [0.1, 0.15) is 19.3 Å². The molecule has 2 N–H and O–H groups in total. The highest BCUT2D eigenvalue weighted by Gasteiger charge is 2.12. The van der Waals surface area contributed by atoms with Gasteiger partial charge in [-0.15, -0.1) is 0 Å². The molecule has 1 heterocycles. The predicted molar refractivity (Wildman–Crippen MR) is 53.9 cm³/mol. The summed E-state index contributed by atoms with van der Waals surface area (Å²) in [6, 6.07) is 0. The summed E-state index contributed by atoms with van der Waals surface area (Å²) in [6.45, 7) is 1.06. The highest BCUT2D eigenvalue weighted by atomic mass is 32.2. The van der Waals surface area contributed by atoms with E-state index >= 15 is 0 Å². The monoisotopic (exact) mass is 207 g/mol. The SMILES string of the molecule is CS(N)(=O)=CCOC1CCCCO1. The second-order valence-electron chi connectivity index (χ2n) is 3.26. The molecular formula is C8H17NO3S. The van der Waals surface area contributed by atoms with E-state index in [1.165, 1.54) is 11.6 Å². The lowest BCUT2D eigenvalue weighted by Crippen LogP contribution is -2.24. The zero-order valence-electron chi connectivity index (χ0n) is 7.90. The Morgan fingerprint density at radius 1 is 1.69 bits per heavy atom. The molecule has 0 aromatic rings. The number of nitrogens with two attached hydrogens (primary N) is 1. The van der Waals surface area contributed by atoms with Crippen LogP contribution in [0.15, 0.2) is 0 Å². The van der Waals surface area contributed by atoms with Crippen LogP contribution < -0.4 is 5.14 Å². The topological polar surface area (TPSA) is 61.6 Å². The second-order valence-corrected chi connectivity index (χ2v) is 5.53. The molecule has 5 heteroatoms. The quantitative estimate of drug-likeness (QED) is 0.669. The van der Waals surface area contributed by atoms with E-state index < -0.39 is 9.71 Å². The first kappa shape index (κ1) is 11.0. The number of rotatable bonds is 3. The minimum atomic E-state index is -2.28. The van der Waals surface area contributed by atoms with E-state index in [0.717, 1.165) is 25.9 Å². The standard InChI is InChI=1S/C8H17NO3S/c1-13(9,10)7-6-12-8-4-2-3-5-11-8/h7-8H,2-6H2,1H3,(H2,9,10). The van der Waals surface area contributed by atoms with Crippen molar-refractivity contribution in [3.05, 3.63) is 0 Å². The third kappa shape index (κ3) is 5.25. The normalized spacial score (nSPS) is 28.0. The average molecular weight is 207 g/mol. The molecular weight excluding hydrogens is 190 g/mol. The summed E-state index contributed by atoms with van der Waals surface area (Å²) in [5.74, 6) is 0. The zero-order valence-corrected chi connectivity index (χ0v) is 8.72. The Hall–Kier alpha value is -0.100. The number of ether oxygens (including phenoxy) is 2. The first-order chi connectivity index (χ1) is 6.08. The molecule has 1 rings (SSSR count). The highest BCUT2D eigenvalue weighted by molar-refractivity contribution is 7.98. The first-order valence-corrected chi connectivity index (χ1v) is 6.50. The van der Waals surface area contributed by atoms with Gasteiger partial charge in [0.2, 0.25) is 0 Å². The van der Waals surface area contributed by atoms with Crippen LogP contribution in [0, 0.1) is 0 Å². The van der Waals surface area contributed by atoms with Gasteiger partial charge in [0.15, 0.2) is 6.29 Å². The largest absolute Gasteiger partial charge is 0.353 e. The molecule has 1 aliphatic heterocycles. The van der Waals surface area contributed by atoms with Crippen molar-refractivity contribution in [1.29, 1.82) is 0 Å². The maximum Gasteiger partial charge on any atom is 0.158 e. The van der Waals surface area contributed by atoms with Crippen molar-refractivity contribution < 1.29 is 13.7 Å². The van der Waals surface area contributed by atoms with Crippen LogP contribution in [0.3, 0.4) is 0 Å². The molecule has 0 aliphatic carbocycles. The van der Waals surface area contributed by atoms with Gasteiger partial charge in [0.1, 0.15) is 0 Å². The zero-order chi connectivity index (χ0) is 9.73. The van der Waals surface area contributed by atoms with E-state index in [0.29, 0.717) is 6.61 Å². The lowest BCUT2D eigenvalue weighted by molar-refractivity contribution is -0.152. The Balaban J connectivity index is 2.22. The van der Waals surface area contributed by atoms with E-state index in [-0.39, 0.29) is 6.29 Å². The van der Waals surface area contributed by atoms with Gasteiger partial charge in [0, 0.05) is 27.9 Å². The fraction of sp³-hybridized carbons (Fsp3) is 0.875. The van der Waals surface area contributed by atoms with Crippen LogP contribution in [-0.4, -0.2) is 35.3 Å². The van der Waals surface area contributed by atoms with E-state index in [4.69, 9.17) is 14.6 Å². The molecule has 1 aliphatic rings. The summed E-state index contributed by atoms with van der Waals surface area (Å²) >= 11 is 0. The molecule has 0 bridgehead atoms. The average Bonchev–Trinajstić information content (AvgIpc) is 2.04. The molecule has 1 saturated heterocycles. The Morgan fingerprint density at radius 3 is 3.00 bits per heavy atom. The molecule has 1 fully saturated rings. The number of hydrogen-bond donors (Lipinski definition) is 1. The van der Waals surface area contributed by atoms with Gasteiger partial charge in [-0.25, -0.2) is 0 Å². The molecule has 78 valence electrons. The van der Waals surface area contributed by atoms with Gasteiger partial charge >= 0.3 is 0 Å². The summed E-state index contributed by atoms with van der Waals surface area (Å²) in [5, 5.41) is 6.79. The Bertz CT molecular complexity index is 244. The molecule has 4 nitrogen and oxygen atoms in total. The third-order valence-electron chi connectivity index (χ3n) is 1.82. The second kappa shape index (κ2) is 4.95. The van der Waals surface area contributed by atoms with Crippen LogP contribution in [0.25, 0.3) is 0 Å². The van der Waals surface area contributed by atoms with Crippen LogP contribution in [0.5, 0.6) is 0 Å². The van der Waals surface area contributed by atoms with Crippen molar-refractivity contribution >= 4 is 15.1 Å². The molecule has 0 spiro atoms. The van der Waals surface area contributed by atoms with Crippen molar-refractivity contribution in [3.63, 3.8) is 0 Å². The first-order valence-electron chi connectivity index (χ1n) is 4.41.